The van der Waals surface area contributed by atoms with Gasteiger partial charge in [-0.1, -0.05) is 69.3 Å². The highest BCUT2D eigenvalue weighted by molar-refractivity contribution is 5.92. The molecule has 1 amide bonds. The maximum atomic E-state index is 12.9. The summed E-state index contributed by atoms with van der Waals surface area (Å²) in [7, 11) is 0. The number of benzene rings is 3. The number of aromatic nitrogens is 2. The lowest BCUT2D eigenvalue weighted by atomic mass is 9.92. The van der Waals surface area contributed by atoms with Crippen LogP contribution in [-0.4, -0.2) is 26.9 Å². The average Bonchev–Trinajstić information content (AvgIpc) is 3.22. The minimum absolute atomic E-state index is 0.0399. The number of fused-ring (bicyclic) bond motifs is 1. The summed E-state index contributed by atoms with van der Waals surface area (Å²) in [4.78, 5) is 23.8. The molecule has 0 fully saturated rings. The van der Waals surface area contributed by atoms with Crippen molar-refractivity contribution in [1.29, 1.82) is 0 Å². The molecule has 7 heteroatoms. The molecule has 1 heterocycles. The van der Waals surface area contributed by atoms with Crippen molar-refractivity contribution in [3.63, 3.8) is 0 Å². The van der Waals surface area contributed by atoms with Gasteiger partial charge in [0.05, 0.1) is 11.4 Å². The summed E-state index contributed by atoms with van der Waals surface area (Å²) in [6.07, 6.45) is -0.180. The van der Waals surface area contributed by atoms with E-state index in [4.69, 9.17) is 14.9 Å². The molecular formula is C27H27N3O4. The van der Waals surface area contributed by atoms with Crippen molar-refractivity contribution in [2.75, 3.05) is 5.32 Å². The van der Waals surface area contributed by atoms with Crippen molar-refractivity contribution in [2.24, 2.45) is 0 Å². The summed E-state index contributed by atoms with van der Waals surface area (Å²) in [5.41, 5.74) is 2.14. The topological polar surface area (TPSA) is 93.5 Å². The van der Waals surface area contributed by atoms with Gasteiger partial charge in [-0.2, -0.15) is 5.10 Å². The number of rotatable bonds is 6. The zero-order valence-corrected chi connectivity index (χ0v) is 19.4. The van der Waals surface area contributed by atoms with Gasteiger partial charge in [0.25, 0.3) is 0 Å². The van der Waals surface area contributed by atoms with Gasteiger partial charge >= 0.3 is 12.1 Å². The van der Waals surface area contributed by atoms with Crippen molar-refractivity contribution in [1.82, 2.24) is 9.78 Å². The SMILES string of the molecule is CC(C)(C)c1cc(NC(=O)Oc2cccc3ccccc23)n(-c2cccc(CCC(=O)O)c2)n1. The lowest BCUT2D eigenvalue weighted by Gasteiger charge is -2.14. The summed E-state index contributed by atoms with van der Waals surface area (Å²) in [6, 6.07) is 22.6. The molecular weight excluding hydrogens is 430 g/mol. The van der Waals surface area contributed by atoms with Crippen LogP contribution in [-0.2, 0) is 16.6 Å². The first-order valence-corrected chi connectivity index (χ1v) is 11.1. The number of amides is 1. The highest BCUT2D eigenvalue weighted by Crippen LogP contribution is 2.28. The van der Waals surface area contributed by atoms with Gasteiger partial charge in [0.2, 0.25) is 0 Å². The number of carboxylic acids is 1. The second-order valence-electron chi connectivity index (χ2n) is 9.13. The molecule has 0 atom stereocenters. The van der Waals surface area contributed by atoms with Crippen LogP contribution in [0.2, 0.25) is 0 Å². The number of carbonyl (C=O) groups is 2. The zero-order chi connectivity index (χ0) is 24.3. The summed E-state index contributed by atoms with van der Waals surface area (Å²) < 4.78 is 7.30. The van der Waals surface area contributed by atoms with E-state index in [1.165, 1.54) is 0 Å². The van der Waals surface area contributed by atoms with Crippen LogP contribution < -0.4 is 10.1 Å². The number of nitrogens with one attached hydrogen (secondary N) is 1. The lowest BCUT2D eigenvalue weighted by molar-refractivity contribution is -0.136. The predicted octanol–water partition coefficient (Wildman–Crippen LogP) is 5.95. The van der Waals surface area contributed by atoms with Gasteiger partial charge in [0.1, 0.15) is 11.6 Å². The fraction of sp³-hybridized carbons (Fsp3) is 0.222. The molecule has 0 unspecified atom stereocenters. The Morgan fingerprint density at radius 3 is 2.50 bits per heavy atom. The quantitative estimate of drug-likeness (QED) is 0.373. The Morgan fingerprint density at radius 2 is 1.74 bits per heavy atom. The Labute approximate surface area is 198 Å². The first kappa shape index (κ1) is 23.0. The molecule has 0 aliphatic heterocycles. The van der Waals surface area contributed by atoms with Gasteiger partial charge in [-0.25, -0.2) is 9.48 Å². The molecule has 0 bridgehead atoms. The fourth-order valence-corrected chi connectivity index (χ4v) is 3.64. The number of hydrogen-bond acceptors (Lipinski definition) is 4. The van der Waals surface area contributed by atoms with E-state index in [0.717, 1.165) is 27.7 Å². The van der Waals surface area contributed by atoms with Crippen LogP contribution in [0.25, 0.3) is 16.5 Å². The second kappa shape index (κ2) is 9.39. The molecule has 4 rings (SSSR count). The van der Waals surface area contributed by atoms with Crippen molar-refractivity contribution >= 4 is 28.7 Å². The summed E-state index contributed by atoms with van der Waals surface area (Å²) >= 11 is 0. The molecule has 2 N–H and O–H groups in total. The molecule has 174 valence electrons. The first-order chi connectivity index (χ1) is 16.2. The summed E-state index contributed by atoms with van der Waals surface area (Å²) in [5, 5.41) is 18.4. The highest BCUT2D eigenvalue weighted by Gasteiger charge is 2.22. The van der Waals surface area contributed by atoms with E-state index in [0.29, 0.717) is 18.0 Å². The Kier molecular flexibility index (Phi) is 6.36. The van der Waals surface area contributed by atoms with E-state index in [1.807, 2.05) is 87.5 Å². The largest absolute Gasteiger partial charge is 0.481 e. The summed E-state index contributed by atoms with van der Waals surface area (Å²) in [5.74, 6) is 0.0805. The standard InChI is InChI=1S/C27H27N3O4/c1-27(2,3)23-17-24(30(29-23)20-11-6-8-18(16-20)14-15-25(31)32)28-26(33)34-22-13-7-10-19-9-4-5-12-21(19)22/h4-13,16-17H,14-15H2,1-3H3,(H,28,33)(H,31,32). The molecule has 7 nitrogen and oxygen atoms in total. The number of aliphatic carboxylic acids is 1. The van der Waals surface area contributed by atoms with E-state index >= 15 is 0 Å². The maximum Gasteiger partial charge on any atom is 0.418 e. The third-order valence-corrected chi connectivity index (χ3v) is 5.44. The van der Waals surface area contributed by atoms with Crippen LogP contribution in [0.15, 0.2) is 72.8 Å². The van der Waals surface area contributed by atoms with Gasteiger partial charge < -0.3 is 9.84 Å². The molecule has 0 saturated heterocycles. The van der Waals surface area contributed by atoms with Crippen molar-refractivity contribution in [2.45, 2.75) is 39.0 Å². The van der Waals surface area contributed by atoms with Crippen molar-refractivity contribution < 1.29 is 19.4 Å². The van der Waals surface area contributed by atoms with Crippen molar-refractivity contribution in [3.05, 3.63) is 84.1 Å². The lowest BCUT2D eigenvalue weighted by Crippen LogP contribution is -2.19. The molecule has 0 aliphatic rings. The normalized spacial score (nSPS) is 11.4. The number of carboxylic acid groups (broad SMARTS) is 1. The van der Waals surface area contributed by atoms with Gasteiger partial charge in [-0.05, 0) is 35.6 Å². The van der Waals surface area contributed by atoms with Gasteiger partial charge in [0.15, 0.2) is 0 Å². The van der Waals surface area contributed by atoms with Crippen LogP contribution in [0.4, 0.5) is 10.6 Å². The highest BCUT2D eigenvalue weighted by atomic mass is 16.6. The number of nitrogens with zero attached hydrogens (tertiary/aromatic N) is 2. The number of ether oxygens (including phenoxy) is 1. The second-order valence-corrected chi connectivity index (χ2v) is 9.13. The minimum Gasteiger partial charge on any atom is -0.481 e. The Hall–Kier alpha value is -4.13. The number of aryl methyl sites for hydroxylation is 1. The molecule has 1 aromatic heterocycles. The van der Waals surface area contributed by atoms with Crippen molar-refractivity contribution in [3.8, 4) is 11.4 Å². The first-order valence-electron chi connectivity index (χ1n) is 11.1. The Morgan fingerprint density at radius 1 is 1.00 bits per heavy atom. The average molecular weight is 458 g/mol. The zero-order valence-electron chi connectivity index (χ0n) is 19.4. The van der Waals surface area contributed by atoms with Gasteiger partial charge in [-0.3, -0.25) is 10.1 Å². The number of anilines is 1. The van der Waals surface area contributed by atoms with E-state index in [1.54, 1.807) is 10.7 Å². The summed E-state index contributed by atoms with van der Waals surface area (Å²) in [6.45, 7) is 6.13. The van der Waals surface area contributed by atoms with Gasteiger partial charge in [-0.15, -0.1) is 0 Å². The molecule has 0 saturated carbocycles. The van der Waals surface area contributed by atoms with Crippen LogP contribution in [0.1, 0.15) is 38.4 Å². The fourth-order valence-electron chi connectivity index (χ4n) is 3.64. The third kappa shape index (κ3) is 5.26. The maximum absolute atomic E-state index is 12.9. The monoisotopic (exact) mass is 457 g/mol. The molecule has 34 heavy (non-hydrogen) atoms. The van der Waals surface area contributed by atoms with Crippen LogP contribution in [0.5, 0.6) is 5.75 Å². The van der Waals surface area contributed by atoms with E-state index in [9.17, 15) is 9.59 Å². The Balaban J connectivity index is 1.64. The molecule has 0 aliphatic carbocycles. The van der Waals surface area contributed by atoms with E-state index < -0.39 is 12.1 Å². The van der Waals surface area contributed by atoms with Crippen LogP contribution >= 0.6 is 0 Å². The van der Waals surface area contributed by atoms with Crippen LogP contribution in [0.3, 0.4) is 0 Å². The molecule has 4 aromatic rings. The molecule has 0 radical (unpaired) electrons. The molecule has 3 aromatic carbocycles. The van der Waals surface area contributed by atoms with E-state index in [-0.39, 0.29) is 11.8 Å². The van der Waals surface area contributed by atoms with Gasteiger partial charge in [0, 0.05) is 23.3 Å². The molecule has 0 spiro atoms. The minimum atomic E-state index is -0.849. The third-order valence-electron chi connectivity index (χ3n) is 5.44. The van der Waals surface area contributed by atoms with Crippen LogP contribution in [0, 0.1) is 0 Å². The van der Waals surface area contributed by atoms with E-state index in [2.05, 4.69) is 5.32 Å². The predicted molar refractivity (Wildman–Crippen MR) is 132 cm³/mol. The number of hydrogen-bond donors (Lipinski definition) is 2. The smallest absolute Gasteiger partial charge is 0.418 e. The Bertz CT molecular complexity index is 1350. The number of carbonyl (C=O) groups excluding carboxylic acids is 1.